The molecule has 1 fully saturated rings. The number of carbonyl (C=O) groups excluding carboxylic acids is 1. The number of carbonyl (C=O) groups is 1. The van der Waals surface area contributed by atoms with Gasteiger partial charge in [0, 0.05) is 25.4 Å². The fourth-order valence-electron chi connectivity index (χ4n) is 3.10. The van der Waals surface area contributed by atoms with Crippen LogP contribution in [0.1, 0.15) is 17.2 Å². The van der Waals surface area contributed by atoms with E-state index in [9.17, 15) is 18.0 Å². The molecule has 1 unspecified atom stereocenters. The van der Waals surface area contributed by atoms with Crippen molar-refractivity contribution in [1.29, 1.82) is 0 Å². The van der Waals surface area contributed by atoms with Gasteiger partial charge in [-0.2, -0.15) is 18.2 Å². The molecule has 30 heavy (non-hydrogen) atoms. The number of hydrogen-bond donors (Lipinski definition) is 2. The molecule has 0 bridgehead atoms. The standard InChI is InChI=1S/C18H19F4N5O3/c1-23-16-11(18(20,21)22)7-24-17(26-16)25-12-4-3-10(14(19)15(12)29-2)13-8-30-6-5-27(13)9-28/h3-4,7,9,13H,5-6,8H2,1-2H3,(H2,23,24,25,26). The lowest BCUT2D eigenvalue weighted by Gasteiger charge is -2.33. The number of nitrogens with zero attached hydrogens (tertiary/aromatic N) is 3. The number of rotatable bonds is 6. The Hall–Kier alpha value is -3.15. The Balaban J connectivity index is 1.94. The molecular formula is C18H19F4N5O3. The summed E-state index contributed by atoms with van der Waals surface area (Å²) in [6.45, 7) is 0.800. The lowest BCUT2D eigenvalue weighted by Crippen LogP contribution is -2.38. The van der Waals surface area contributed by atoms with Gasteiger partial charge in [0.1, 0.15) is 11.4 Å². The van der Waals surface area contributed by atoms with E-state index in [-0.39, 0.29) is 29.6 Å². The number of morpholine rings is 1. The molecule has 1 atom stereocenters. The van der Waals surface area contributed by atoms with Crippen LogP contribution in [0.15, 0.2) is 18.3 Å². The van der Waals surface area contributed by atoms with Crippen molar-refractivity contribution in [3.05, 3.63) is 35.3 Å². The van der Waals surface area contributed by atoms with Crippen LogP contribution in [0.5, 0.6) is 5.75 Å². The van der Waals surface area contributed by atoms with Crippen molar-refractivity contribution in [2.45, 2.75) is 12.2 Å². The molecule has 162 valence electrons. The molecular weight excluding hydrogens is 410 g/mol. The number of ether oxygens (including phenoxy) is 2. The summed E-state index contributed by atoms with van der Waals surface area (Å²) < 4.78 is 64.6. The average Bonchev–Trinajstić information content (AvgIpc) is 2.73. The van der Waals surface area contributed by atoms with Gasteiger partial charge < -0.3 is 25.0 Å². The molecule has 0 aliphatic carbocycles. The van der Waals surface area contributed by atoms with E-state index < -0.39 is 29.4 Å². The van der Waals surface area contributed by atoms with Gasteiger partial charge in [-0.05, 0) is 6.07 Å². The first-order chi connectivity index (χ1) is 14.3. The van der Waals surface area contributed by atoms with Crippen LogP contribution in [0.25, 0.3) is 0 Å². The van der Waals surface area contributed by atoms with Crippen LogP contribution in [-0.4, -0.2) is 55.2 Å². The SMILES string of the molecule is CNc1nc(Nc2ccc(C3COCCN3C=O)c(F)c2OC)ncc1C(F)(F)F. The summed E-state index contributed by atoms with van der Waals surface area (Å²) in [5, 5.41) is 5.03. The first-order valence-electron chi connectivity index (χ1n) is 8.84. The zero-order chi connectivity index (χ0) is 21.9. The average molecular weight is 429 g/mol. The minimum Gasteiger partial charge on any atom is -0.492 e. The smallest absolute Gasteiger partial charge is 0.421 e. The normalized spacial score (nSPS) is 16.9. The lowest BCUT2D eigenvalue weighted by atomic mass is 10.0. The summed E-state index contributed by atoms with van der Waals surface area (Å²) in [7, 11) is 2.54. The van der Waals surface area contributed by atoms with Crippen molar-refractivity contribution in [2.75, 3.05) is 44.5 Å². The van der Waals surface area contributed by atoms with Crippen LogP contribution < -0.4 is 15.4 Å². The number of aromatic nitrogens is 2. The third-order valence-corrected chi connectivity index (χ3v) is 4.57. The third-order valence-electron chi connectivity index (χ3n) is 4.57. The van der Waals surface area contributed by atoms with Gasteiger partial charge in [-0.15, -0.1) is 0 Å². The van der Waals surface area contributed by atoms with Crippen LogP contribution in [0.4, 0.5) is 35.0 Å². The van der Waals surface area contributed by atoms with E-state index in [2.05, 4.69) is 20.6 Å². The van der Waals surface area contributed by atoms with E-state index in [1.165, 1.54) is 31.2 Å². The number of hydrogen-bond acceptors (Lipinski definition) is 7. The number of halogens is 4. The Morgan fingerprint density at radius 2 is 2.13 bits per heavy atom. The number of anilines is 3. The number of amides is 1. The highest BCUT2D eigenvalue weighted by Crippen LogP contribution is 2.37. The predicted octanol–water partition coefficient (Wildman–Crippen LogP) is 2.96. The van der Waals surface area contributed by atoms with Crippen LogP contribution in [0, 0.1) is 5.82 Å². The zero-order valence-corrected chi connectivity index (χ0v) is 16.1. The highest BCUT2D eigenvalue weighted by Gasteiger charge is 2.35. The van der Waals surface area contributed by atoms with Gasteiger partial charge in [0.15, 0.2) is 11.6 Å². The lowest BCUT2D eigenvalue weighted by molar-refractivity contribution is -0.137. The molecule has 3 rings (SSSR count). The van der Waals surface area contributed by atoms with Crippen molar-refractivity contribution in [1.82, 2.24) is 14.9 Å². The van der Waals surface area contributed by atoms with Crippen molar-refractivity contribution in [2.24, 2.45) is 0 Å². The Morgan fingerprint density at radius 3 is 2.77 bits per heavy atom. The molecule has 1 aromatic carbocycles. The molecule has 1 saturated heterocycles. The highest BCUT2D eigenvalue weighted by molar-refractivity contribution is 5.65. The van der Waals surface area contributed by atoms with E-state index in [1.807, 2.05) is 0 Å². The number of benzene rings is 1. The highest BCUT2D eigenvalue weighted by atomic mass is 19.4. The zero-order valence-electron chi connectivity index (χ0n) is 16.1. The Kier molecular flexibility index (Phi) is 6.25. The summed E-state index contributed by atoms with van der Waals surface area (Å²) in [6.07, 6.45) is -3.38. The quantitative estimate of drug-likeness (QED) is 0.539. The summed E-state index contributed by atoms with van der Waals surface area (Å²) >= 11 is 0. The number of methoxy groups -OCH3 is 1. The Morgan fingerprint density at radius 1 is 1.37 bits per heavy atom. The fourth-order valence-corrected chi connectivity index (χ4v) is 3.10. The first kappa shape index (κ1) is 21.6. The maximum atomic E-state index is 15.1. The molecule has 2 aromatic rings. The third kappa shape index (κ3) is 4.22. The van der Waals surface area contributed by atoms with E-state index >= 15 is 4.39 Å². The van der Waals surface area contributed by atoms with Gasteiger partial charge >= 0.3 is 6.18 Å². The molecule has 8 nitrogen and oxygen atoms in total. The fraction of sp³-hybridized carbons (Fsp3) is 0.389. The monoisotopic (exact) mass is 429 g/mol. The van der Waals surface area contributed by atoms with Crippen molar-refractivity contribution in [3.63, 3.8) is 0 Å². The number of nitrogens with one attached hydrogen (secondary N) is 2. The van der Waals surface area contributed by atoms with Gasteiger partial charge in [-0.25, -0.2) is 9.37 Å². The predicted molar refractivity (Wildman–Crippen MR) is 99.1 cm³/mol. The second kappa shape index (κ2) is 8.69. The van der Waals surface area contributed by atoms with Gasteiger partial charge in [-0.1, -0.05) is 6.07 Å². The van der Waals surface area contributed by atoms with Crippen LogP contribution in [0.2, 0.25) is 0 Å². The minimum absolute atomic E-state index is 0.106. The Bertz CT molecular complexity index is 925. The van der Waals surface area contributed by atoms with E-state index in [4.69, 9.17) is 9.47 Å². The van der Waals surface area contributed by atoms with Crippen molar-refractivity contribution >= 4 is 23.9 Å². The Labute approximate surface area is 169 Å². The number of alkyl halides is 3. The van der Waals surface area contributed by atoms with Crippen LogP contribution in [0.3, 0.4) is 0 Å². The summed E-state index contributed by atoms with van der Waals surface area (Å²) in [5.41, 5.74) is -0.737. The molecule has 1 aromatic heterocycles. The van der Waals surface area contributed by atoms with Gasteiger partial charge in [0.25, 0.3) is 0 Å². The second-order valence-electron chi connectivity index (χ2n) is 6.31. The van der Waals surface area contributed by atoms with Crippen molar-refractivity contribution < 1.29 is 31.8 Å². The van der Waals surface area contributed by atoms with E-state index in [1.54, 1.807) is 0 Å². The molecule has 1 amide bonds. The summed E-state index contributed by atoms with van der Waals surface area (Å²) in [4.78, 5) is 20.1. The second-order valence-corrected chi connectivity index (χ2v) is 6.31. The van der Waals surface area contributed by atoms with Gasteiger partial charge in [0.05, 0.1) is 32.1 Å². The molecule has 0 saturated carbocycles. The van der Waals surface area contributed by atoms with E-state index in [0.717, 1.165) is 0 Å². The summed E-state index contributed by atoms with van der Waals surface area (Å²) in [5.74, 6) is -1.55. The molecule has 2 heterocycles. The maximum Gasteiger partial charge on any atom is 0.421 e. The first-order valence-corrected chi connectivity index (χ1v) is 8.84. The minimum atomic E-state index is -4.63. The topological polar surface area (TPSA) is 88.6 Å². The van der Waals surface area contributed by atoms with Gasteiger partial charge in [-0.3, -0.25) is 4.79 Å². The molecule has 12 heteroatoms. The molecule has 2 N–H and O–H groups in total. The molecule has 0 radical (unpaired) electrons. The van der Waals surface area contributed by atoms with Crippen LogP contribution >= 0.6 is 0 Å². The van der Waals surface area contributed by atoms with E-state index in [0.29, 0.717) is 25.8 Å². The van der Waals surface area contributed by atoms with Crippen LogP contribution in [-0.2, 0) is 15.7 Å². The summed E-state index contributed by atoms with van der Waals surface area (Å²) in [6, 6.07) is 2.28. The maximum absolute atomic E-state index is 15.1. The van der Waals surface area contributed by atoms with Crippen molar-refractivity contribution in [3.8, 4) is 5.75 Å². The molecule has 0 spiro atoms. The molecule has 1 aliphatic rings. The largest absolute Gasteiger partial charge is 0.492 e. The van der Waals surface area contributed by atoms with Gasteiger partial charge in [0.2, 0.25) is 12.4 Å². The molecule has 1 aliphatic heterocycles.